The number of hydrogen-bond acceptors (Lipinski definition) is 3. The van der Waals surface area contributed by atoms with E-state index in [0.717, 1.165) is 35.6 Å². The Bertz CT molecular complexity index is 972. The normalized spacial score (nSPS) is 14.3. The fourth-order valence-electron chi connectivity index (χ4n) is 3.72. The summed E-state index contributed by atoms with van der Waals surface area (Å²) >= 11 is 0. The van der Waals surface area contributed by atoms with Gasteiger partial charge in [-0.15, -0.1) is 0 Å². The molecule has 0 bridgehead atoms. The first-order chi connectivity index (χ1) is 13.2. The zero-order valence-electron chi connectivity index (χ0n) is 15.8. The molecule has 0 saturated carbocycles. The maximum atomic E-state index is 12.9. The third-order valence-corrected chi connectivity index (χ3v) is 5.30. The molecule has 4 nitrogen and oxygen atoms in total. The third kappa shape index (κ3) is 3.80. The van der Waals surface area contributed by atoms with E-state index in [1.165, 1.54) is 24.8 Å². The highest BCUT2D eigenvalue weighted by Crippen LogP contribution is 2.29. The first-order valence-electron chi connectivity index (χ1n) is 9.69. The van der Waals surface area contributed by atoms with Crippen molar-refractivity contribution < 1.29 is 0 Å². The van der Waals surface area contributed by atoms with Crippen LogP contribution in [0, 0.1) is 6.92 Å². The van der Waals surface area contributed by atoms with Gasteiger partial charge in [0, 0.05) is 24.7 Å². The lowest BCUT2D eigenvalue weighted by Crippen LogP contribution is -2.33. The van der Waals surface area contributed by atoms with Crippen molar-refractivity contribution in [3.63, 3.8) is 0 Å². The Morgan fingerprint density at radius 3 is 2.37 bits per heavy atom. The summed E-state index contributed by atoms with van der Waals surface area (Å²) in [5.74, 6) is 0. The van der Waals surface area contributed by atoms with E-state index in [9.17, 15) is 4.79 Å². The third-order valence-electron chi connectivity index (χ3n) is 5.30. The Hall–Kier alpha value is -2.88. The number of nitrogens with zero attached hydrogens (tertiary/aromatic N) is 3. The van der Waals surface area contributed by atoms with E-state index in [0.29, 0.717) is 6.54 Å². The van der Waals surface area contributed by atoms with Gasteiger partial charge >= 0.3 is 0 Å². The van der Waals surface area contributed by atoms with Crippen molar-refractivity contribution in [2.75, 3.05) is 18.0 Å². The van der Waals surface area contributed by atoms with Crippen LogP contribution in [0.3, 0.4) is 0 Å². The number of benzene rings is 2. The molecular formula is C23H25N3O. The SMILES string of the molecule is Cc1ccccc1Cn1nc(-c2ccccc2)c(N2CCCCC2)cc1=O. The Balaban J connectivity index is 1.80. The minimum absolute atomic E-state index is 0.0430. The summed E-state index contributed by atoms with van der Waals surface area (Å²) in [6.07, 6.45) is 3.59. The summed E-state index contributed by atoms with van der Waals surface area (Å²) in [5, 5.41) is 4.82. The van der Waals surface area contributed by atoms with Gasteiger partial charge in [-0.1, -0.05) is 54.6 Å². The molecule has 1 aromatic heterocycles. The van der Waals surface area contributed by atoms with E-state index in [1.54, 1.807) is 10.7 Å². The second-order valence-electron chi connectivity index (χ2n) is 7.21. The van der Waals surface area contributed by atoms with Gasteiger partial charge in [-0.2, -0.15) is 5.10 Å². The fraction of sp³-hybridized carbons (Fsp3) is 0.304. The maximum absolute atomic E-state index is 12.9. The van der Waals surface area contributed by atoms with Crippen LogP contribution in [0.1, 0.15) is 30.4 Å². The number of hydrogen-bond donors (Lipinski definition) is 0. The number of piperidine rings is 1. The summed E-state index contributed by atoms with van der Waals surface area (Å²) < 4.78 is 1.60. The van der Waals surface area contributed by atoms with Crippen molar-refractivity contribution in [1.29, 1.82) is 0 Å². The minimum Gasteiger partial charge on any atom is -0.370 e. The van der Waals surface area contributed by atoms with E-state index in [4.69, 9.17) is 5.10 Å². The highest BCUT2D eigenvalue weighted by molar-refractivity contribution is 5.74. The van der Waals surface area contributed by atoms with Gasteiger partial charge in [0.2, 0.25) is 0 Å². The average Bonchev–Trinajstić information content (AvgIpc) is 2.72. The lowest BCUT2D eigenvalue weighted by Gasteiger charge is -2.30. The lowest BCUT2D eigenvalue weighted by atomic mass is 10.1. The molecule has 1 saturated heterocycles. The van der Waals surface area contributed by atoms with Gasteiger partial charge < -0.3 is 4.90 Å². The summed E-state index contributed by atoms with van der Waals surface area (Å²) in [7, 11) is 0. The van der Waals surface area contributed by atoms with Crippen molar-refractivity contribution in [1.82, 2.24) is 9.78 Å². The van der Waals surface area contributed by atoms with Crippen LogP contribution >= 0.6 is 0 Å². The van der Waals surface area contributed by atoms with Crippen LogP contribution in [0.25, 0.3) is 11.3 Å². The van der Waals surface area contributed by atoms with Gasteiger partial charge in [-0.25, -0.2) is 4.68 Å². The van der Waals surface area contributed by atoms with Gasteiger partial charge in [-0.05, 0) is 37.3 Å². The van der Waals surface area contributed by atoms with Crippen molar-refractivity contribution in [2.45, 2.75) is 32.7 Å². The minimum atomic E-state index is -0.0430. The van der Waals surface area contributed by atoms with Crippen LogP contribution in [-0.2, 0) is 6.54 Å². The van der Waals surface area contributed by atoms with Crippen LogP contribution in [0.15, 0.2) is 65.5 Å². The molecule has 0 aliphatic carbocycles. The van der Waals surface area contributed by atoms with E-state index in [1.807, 2.05) is 30.3 Å². The molecule has 0 atom stereocenters. The summed E-state index contributed by atoms with van der Waals surface area (Å²) in [6, 6.07) is 20.1. The topological polar surface area (TPSA) is 38.1 Å². The van der Waals surface area contributed by atoms with Gasteiger partial charge in [0.15, 0.2) is 0 Å². The number of rotatable bonds is 4. The zero-order valence-corrected chi connectivity index (χ0v) is 15.8. The molecule has 4 rings (SSSR count). The monoisotopic (exact) mass is 359 g/mol. The molecule has 0 amide bonds. The molecular weight excluding hydrogens is 334 g/mol. The fourth-order valence-corrected chi connectivity index (χ4v) is 3.72. The van der Waals surface area contributed by atoms with Crippen LogP contribution in [0.5, 0.6) is 0 Å². The zero-order chi connectivity index (χ0) is 18.6. The van der Waals surface area contributed by atoms with Gasteiger partial charge in [0.25, 0.3) is 5.56 Å². The molecule has 4 heteroatoms. The molecule has 1 fully saturated rings. The van der Waals surface area contributed by atoms with Crippen LogP contribution in [0.4, 0.5) is 5.69 Å². The largest absolute Gasteiger partial charge is 0.370 e. The van der Waals surface area contributed by atoms with E-state index in [2.05, 4.69) is 36.1 Å². The number of aromatic nitrogens is 2. The molecule has 1 aliphatic heterocycles. The average molecular weight is 359 g/mol. The van der Waals surface area contributed by atoms with Gasteiger partial charge in [0.1, 0.15) is 5.69 Å². The van der Waals surface area contributed by atoms with Crippen molar-refractivity contribution in [3.05, 3.63) is 82.1 Å². The molecule has 27 heavy (non-hydrogen) atoms. The van der Waals surface area contributed by atoms with Gasteiger partial charge in [0.05, 0.1) is 12.2 Å². The van der Waals surface area contributed by atoms with Gasteiger partial charge in [-0.3, -0.25) is 4.79 Å². The summed E-state index contributed by atoms with van der Waals surface area (Å²) in [4.78, 5) is 15.2. The standard InChI is InChI=1S/C23H25N3O/c1-18-10-6-7-13-20(18)17-26-22(27)16-21(25-14-8-3-9-15-25)23(24-26)19-11-4-2-5-12-19/h2,4-7,10-13,16H,3,8-9,14-15,17H2,1H3. The molecule has 1 aliphatic rings. The Kier molecular flexibility index (Phi) is 5.05. The maximum Gasteiger partial charge on any atom is 0.269 e. The molecule has 0 N–H and O–H groups in total. The second-order valence-corrected chi connectivity index (χ2v) is 7.21. The van der Waals surface area contributed by atoms with E-state index < -0.39 is 0 Å². The molecule has 0 unspecified atom stereocenters. The van der Waals surface area contributed by atoms with E-state index >= 15 is 0 Å². The smallest absolute Gasteiger partial charge is 0.269 e. The molecule has 0 spiro atoms. The number of aryl methyl sites for hydroxylation is 1. The predicted octanol–water partition coefficient (Wildman–Crippen LogP) is 4.26. The molecule has 3 aromatic rings. The quantitative estimate of drug-likeness (QED) is 0.699. The Morgan fingerprint density at radius 2 is 1.63 bits per heavy atom. The van der Waals surface area contributed by atoms with Crippen LogP contribution < -0.4 is 10.5 Å². The highest BCUT2D eigenvalue weighted by Gasteiger charge is 2.19. The second kappa shape index (κ2) is 7.78. The number of anilines is 1. The lowest BCUT2D eigenvalue weighted by molar-refractivity contribution is 0.572. The predicted molar refractivity (Wildman–Crippen MR) is 110 cm³/mol. The Morgan fingerprint density at radius 1 is 0.926 bits per heavy atom. The van der Waals surface area contributed by atoms with Crippen LogP contribution in [0.2, 0.25) is 0 Å². The van der Waals surface area contributed by atoms with Crippen LogP contribution in [-0.4, -0.2) is 22.9 Å². The van der Waals surface area contributed by atoms with Crippen molar-refractivity contribution in [2.24, 2.45) is 0 Å². The molecule has 138 valence electrons. The highest BCUT2D eigenvalue weighted by atomic mass is 16.1. The van der Waals surface area contributed by atoms with Crippen molar-refractivity contribution >= 4 is 5.69 Å². The first-order valence-corrected chi connectivity index (χ1v) is 9.69. The first kappa shape index (κ1) is 17.5. The summed E-state index contributed by atoms with van der Waals surface area (Å²) in [6.45, 7) is 4.54. The Labute approximate surface area is 160 Å². The molecule has 2 heterocycles. The molecule has 0 radical (unpaired) electrons. The van der Waals surface area contributed by atoms with E-state index in [-0.39, 0.29) is 5.56 Å². The van der Waals surface area contributed by atoms with Crippen molar-refractivity contribution in [3.8, 4) is 11.3 Å². The summed E-state index contributed by atoms with van der Waals surface area (Å²) in [5.41, 5.74) is 5.16. The molecule has 2 aromatic carbocycles.